The summed E-state index contributed by atoms with van der Waals surface area (Å²) in [5.41, 5.74) is 2.82. The Morgan fingerprint density at radius 1 is 1.26 bits per heavy atom. The van der Waals surface area contributed by atoms with E-state index in [9.17, 15) is 19.7 Å². The molecule has 218 valence electrons. The SMILES string of the molecule is CN(Cc1c[n+]([O-])c(C#N)c2cnn(COCC[Si](C)(C)C)c12)C(=O)c1ccc(-c2cccc(F)c2)c(OC2CC2)c1. The van der Waals surface area contributed by atoms with Crippen LogP contribution in [0.3, 0.4) is 0 Å². The van der Waals surface area contributed by atoms with E-state index in [1.165, 1.54) is 29.4 Å². The molecule has 2 aromatic heterocycles. The molecule has 0 radical (unpaired) electrons. The van der Waals surface area contributed by atoms with Gasteiger partial charge in [-0.15, -0.1) is 0 Å². The molecule has 4 aromatic rings. The zero-order valence-corrected chi connectivity index (χ0v) is 25.3. The van der Waals surface area contributed by atoms with Gasteiger partial charge in [-0.05, 0) is 54.8 Å². The monoisotopic (exact) mass is 587 g/mol. The van der Waals surface area contributed by atoms with Crippen molar-refractivity contribution in [2.75, 3.05) is 13.7 Å². The number of ether oxygens (including phenoxy) is 2. The molecule has 1 aliphatic carbocycles. The maximum atomic E-state index is 13.9. The molecule has 0 bridgehead atoms. The highest BCUT2D eigenvalue weighted by molar-refractivity contribution is 6.76. The molecule has 1 aliphatic rings. The standard InChI is InChI=1S/C31H34FN5O4Si/c1-35(31(38)22-8-11-26(21-6-5-7-24(32)14-21)29(15-22)41-25-9-10-25)18-23-19-37(39)28(16-33)27-17-34-36(30(23)27)20-40-12-13-42(2,3)4/h5-8,11,14-15,17,19,25H,9-10,12-13,18,20H2,1-4H3. The van der Waals surface area contributed by atoms with Crippen molar-refractivity contribution in [2.24, 2.45) is 0 Å². The third-order valence-electron chi connectivity index (χ3n) is 7.14. The Labute approximate surface area is 245 Å². The van der Waals surface area contributed by atoms with Crippen molar-refractivity contribution >= 4 is 24.9 Å². The second kappa shape index (κ2) is 11.9. The smallest absolute Gasteiger partial charge is 0.305 e. The van der Waals surface area contributed by atoms with Gasteiger partial charge in [0, 0.05) is 32.9 Å². The van der Waals surface area contributed by atoms with Gasteiger partial charge in [-0.2, -0.15) is 15.1 Å². The zero-order chi connectivity index (χ0) is 30.0. The minimum absolute atomic E-state index is 0.0640. The number of amides is 1. The predicted octanol–water partition coefficient (Wildman–Crippen LogP) is 5.47. The molecule has 1 saturated carbocycles. The molecule has 5 rings (SSSR count). The topological polar surface area (TPSA) is 107 Å². The molecular formula is C31H34FN5O4Si. The molecular weight excluding hydrogens is 553 g/mol. The first-order valence-electron chi connectivity index (χ1n) is 13.9. The normalized spacial score (nSPS) is 13.2. The van der Waals surface area contributed by atoms with Crippen molar-refractivity contribution in [2.45, 2.75) is 57.9 Å². The number of carbonyl (C=O) groups excluding carboxylic acids is 1. The molecule has 11 heteroatoms. The maximum Gasteiger partial charge on any atom is 0.305 e. The molecule has 0 spiro atoms. The Balaban J connectivity index is 1.42. The van der Waals surface area contributed by atoms with E-state index in [4.69, 9.17) is 9.47 Å². The van der Waals surface area contributed by atoms with Crippen LogP contribution in [0.2, 0.25) is 25.7 Å². The molecule has 0 N–H and O–H groups in total. The van der Waals surface area contributed by atoms with Gasteiger partial charge in [-0.3, -0.25) is 4.79 Å². The first-order valence-corrected chi connectivity index (χ1v) is 17.7. The Morgan fingerprint density at radius 3 is 2.74 bits per heavy atom. The van der Waals surface area contributed by atoms with Crippen LogP contribution in [0.25, 0.3) is 22.0 Å². The van der Waals surface area contributed by atoms with Crippen LogP contribution in [0.15, 0.2) is 54.9 Å². The Bertz CT molecular complexity index is 1670. The number of halogens is 1. The van der Waals surface area contributed by atoms with Crippen molar-refractivity contribution in [3.05, 3.63) is 82.7 Å². The van der Waals surface area contributed by atoms with Crippen LogP contribution in [-0.4, -0.2) is 48.4 Å². The summed E-state index contributed by atoms with van der Waals surface area (Å²) >= 11 is 0. The number of benzene rings is 2. The highest BCUT2D eigenvalue weighted by Crippen LogP contribution is 2.36. The number of hydrogen-bond donors (Lipinski definition) is 0. The second-order valence-corrected chi connectivity index (χ2v) is 17.5. The van der Waals surface area contributed by atoms with Crippen LogP contribution in [-0.2, 0) is 18.0 Å². The second-order valence-electron chi connectivity index (χ2n) is 11.9. The van der Waals surface area contributed by atoms with Crippen LogP contribution in [0.4, 0.5) is 4.39 Å². The van der Waals surface area contributed by atoms with Gasteiger partial charge < -0.3 is 19.6 Å². The number of carbonyl (C=O) groups is 1. The van der Waals surface area contributed by atoms with E-state index in [2.05, 4.69) is 24.7 Å². The van der Waals surface area contributed by atoms with Gasteiger partial charge in [0.25, 0.3) is 5.91 Å². The number of nitriles is 1. The van der Waals surface area contributed by atoms with Crippen molar-refractivity contribution in [3.63, 3.8) is 0 Å². The summed E-state index contributed by atoms with van der Waals surface area (Å²) in [7, 11) is 0.367. The lowest BCUT2D eigenvalue weighted by atomic mass is 10.0. The minimum atomic E-state index is -1.28. The van der Waals surface area contributed by atoms with Gasteiger partial charge in [-0.25, -0.2) is 9.07 Å². The van der Waals surface area contributed by atoms with Crippen LogP contribution in [0, 0.1) is 22.4 Å². The zero-order valence-electron chi connectivity index (χ0n) is 24.3. The van der Waals surface area contributed by atoms with E-state index in [1.54, 1.807) is 42.1 Å². The molecule has 2 heterocycles. The third kappa shape index (κ3) is 6.61. The fourth-order valence-corrected chi connectivity index (χ4v) is 5.45. The first kappa shape index (κ1) is 29.2. The van der Waals surface area contributed by atoms with E-state index in [0.29, 0.717) is 50.2 Å². The Kier molecular flexibility index (Phi) is 8.29. The molecule has 0 unspecified atom stereocenters. The molecule has 0 aliphatic heterocycles. The lowest BCUT2D eigenvalue weighted by Crippen LogP contribution is -2.33. The fraction of sp³-hybridized carbons (Fsp3) is 0.355. The number of aromatic nitrogens is 3. The predicted molar refractivity (Wildman–Crippen MR) is 159 cm³/mol. The van der Waals surface area contributed by atoms with E-state index in [-0.39, 0.29) is 36.8 Å². The lowest BCUT2D eigenvalue weighted by Gasteiger charge is -2.20. The number of nitrogens with zero attached hydrogens (tertiary/aromatic N) is 5. The van der Waals surface area contributed by atoms with Crippen LogP contribution < -0.4 is 9.47 Å². The molecule has 0 saturated heterocycles. The summed E-state index contributed by atoms with van der Waals surface area (Å²) < 4.78 is 28.1. The quantitative estimate of drug-likeness (QED) is 0.0997. The Hall–Kier alpha value is -4.27. The molecule has 2 aromatic carbocycles. The largest absolute Gasteiger partial charge is 0.618 e. The Morgan fingerprint density at radius 2 is 2.05 bits per heavy atom. The van der Waals surface area contributed by atoms with Crippen molar-refractivity contribution in [1.29, 1.82) is 5.26 Å². The molecule has 1 fully saturated rings. The average Bonchev–Trinajstić information content (AvgIpc) is 3.66. The van der Waals surface area contributed by atoms with Gasteiger partial charge in [0.05, 0.1) is 29.9 Å². The van der Waals surface area contributed by atoms with Gasteiger partial charge >= 0.3 is 5.69 Å². The highest BCUT2D eigenvalue weighted by Gasteiger charge is 2.27. The van der Waals surface area contributed by atoms with E-state index >= 15 is 0 Å². The van der Waals surface area contributed by atoms with Crippen molar-refractivity contribution < 1.29 is 23.4 Å². The fourth-order valence-electron chi connectivity index (χ4n) is 4.70. The summed E-state index contributed by atoms with van der Waals surface area (Å²) in [6.07, 6.45) is 4.75. The van der Waals surface area contributed by atoms with Crippen molar-refractivity contribution in [3.8, 4) is 22.9 Å². The summed E-state index contributed by atoms with van der Waals surface area (Å²) in [6, 6.07) is 14.4. The number of hydrogen-bond acceptors (Lipinski definition) is 6. The van der Waals surface area contributed by atoms with E-state index in [1.807, 2.05) is 6.07 Å². The molecule has 0 atom stereocenters. The van der Waals surface area contributed by atoms with Crippen LogP contribution in [0.1, 0.15) is 34.5 Å². The summed E-state index contributed by atoms with van der Waals surface area (Å²) in [4.78, 5) is 15.1. The minimum Gasteiger partial charge on any atom is -0.618 e. The van der Waals surface area contributed by atoms with Gasteiger partial charge in [-0.1, -0.05) is 31.8 Å². The third-order valence-corrected chi connectivity index (χ3v) is 8.85. The maximum absolute atomic E-state index is 13.9. The van der Waals surface area contributed by atoms with Gasteiger partial charge in [0.2, 0.25) is 0 Å². The van der Waals surface area contributed by atoms with Crippen LogP contribution in [0.5, 0.6) is 5.75 Å². The van der Waals surface area contributed by atoms with E-state index < -0.39 is 8.07 Å². The van der Waals surface area contributed by atoms with E-state index in [0.717, 1.165) is 18.9 Å². The molecule has 9 nitrogen and oxygen atoms in total. The lowest BCUT2D eigenvalue weighted by molar-refractivity contribution is -0.607. The average molecular weight is 588 g/mol. The first-order chi connectivity index (χ1) is 20.0. The molecule has 42 heavy (non-hydrogen) atoms. The summed E-state index contributed by atoms with van der Waals surface area (Å²) in [6.45, 7) is 7.65. The van der Waals surface area contributed by atoms with Crippen LogP contribution >= 0.6 is 0 Å². The number of fused-ring (bicyclic) bond motifs is 1. The summed E-state index contributed by atoms with van der Waals surface area (Å²) in [5, 5.41) is 27.1. The highest BCUT2D eigenvalue weighted by atomic mass is 28.3. The number of pyridine rings is 1. The van der Waals surface area contributed by atoms with Gasteiger partial charge in [0.15, 0.2) is 12.3 Å². The van der Waals surface area contributed by atoms with Gasteiger partial charge in [0.1, 0.15) is 23.7 Å². The number of rotatable bonds is 11. The summed E-state index contributed by atoms with van der Waals surface area (Å²) in [5.74, 6) is -0.113. The molecule has 1 amide bonds. The van der Waals surface area contributed by atoms with Crippen molar-refractivity contribution in [1.82, 2.24) is 14.7 Å².